The minimum atomic E-state index is -0.177. The fraction of sp³-hybridized carbons (Fsp3) is 0.350. The van der Waals surface area contributed by atoms with Crippen LogP contribution >= 0.6 is 11.8 Å². The molecule has 1 N–H and O–H groups in total. The molecule has 2 aromatic carbocycles. The lowest BCUT2D eigenvalue weighted by Gasteiger charge is -2.17. The molecule has 2 rings (SSSR count). The normalized spacial score (nSPS) is 13.2. The van der Waals surface area contributed by atoms with E-state index in [0.717, 1.165) is 22.8 Å². The Bertz CT molecular complexity index is 670. The number of ether oxygens (including phenoxy) is 1. The summed E-state index contributed by atoms with van der Waals surface area (Å²) < 4.78 is 5.16. The number of benzene rings is 2. The van der Waals surface area contributed by atoms with Gasteiger partial charge in [0.05, 0.1) is 12.4 Å². The van der Waals surface area contributed by atoms with Crippen molar-refractivity contribution < 1.29 is 9.53 Å². The van der Waals surface area contributed by atoms with Crippen molar-refractivity contribution in [3.63, 3.8) is 0 Å². The predicted octanol–water partition coefficient (Wildman–Crippen LogP) is 5.33. The Labute approximate surface area is 148 Å². The lowest BCUT2D eigenvalue weighted by atomic mass is 9.97. The van der Waals surface area contributed by atoms with E-state index in [-0.39, 0.29) is 11.2 Å². The van der Waals surface area contributed by atoms with E-state index in [9.17, 15) is 4.79 Å². The first-order valence-electron chi connectivity index (χ1n) is 8.25. The zero-order chi connectivity index (χ0) is 17.5. The summed E-state index contributed by atoms with van der Waals surface area (Å²) in [5.74, 6) is 1.26. The average molecular weight is 343 g/mol. The first-order chi connectivity index (χ1) is 11.5. The van der Waals surface area contributed by atoms with Gasteiger partial charge in [-0.15, -0.1) is 11.8 Å². The highest BCUT2D eigenvalue weighted by atomic mass is 32.2. The lowest BCUT2D eigenvalue weighted by Crippen LogP contribution is -2.23. The highest BCUT2D eigenvalue weighted by Gasteiger charge is 2.17. The summed E-state index contributed by atoms with van der Waals surface area (Å²) in [7, 11) is 1.65. The number of thioether (sulfide) groups is 1. The first-order valence-corrected chi connectivity index (χ1v) is 9.13. The van der Waals surface area contributed by atoms with E-state index in [1.54, 1.807) is 18.9 Å². The zero-order valence-electron chi connectivity index (χ0n) is 14.7. The van der Waals surface area contributed by atoms with E-state index < -0.39 is 0 Å². The molecule has 4 heteroatoms. The number of hydrogen-bond donors (Lipinski definition) is 1. The van der Waals surface area contributed by atoms with Crippen LogP contribution in [0.3, 0.4) is 0 Å². The smallest absolute Gasteiger partial charge is 0.237 e. The van der Waals surface area contributed by atoms with Gasteiger partial charge in [0.2, 0.25) is 5.91 Å². The van der Waals surface area contributed by atoms with Crippen molar-refractivity contribution in [2.75, 3.05) is 12.4 Å². The first kappa shape index (κ1) is 18.4. The molecule has 0 fully saturated rings. The molecule has 0 heterocycles. The summed E-state index contributed by atoms with van der Waals surface area (Å²) in [4.78, 5) is 13.6. The van der Waals surface area contributed by atoms with Crippen molar-refractivity contribution in [1.82, 2.24) is 0 Å². The number of amides is 1. The third-order valence-electron chi connectivity index (χ3n) is 4.10. The maximum absolute atomic E-state index is 12.5. The van der Waals surface area contributed by atoms with Crippen LogP contribution in [0, 0.1) is 0 Å². The van der Waals surface area contributed by atoms with Crippen LogP contribution in [0.1, 0.15) is 38.7 Å². The largest absolute Gasteiger partial charge is 0.497 e. The number of rotatable bonds is 7. The number of carbonyl (C=O) groups is 1. The molecule has 1 amide bonds. The van der Waals surface area contributed by atoms with Gasteiger partial charge in [0.1, 0.15) is 5.75 Å². The van der Waals surface area contributed by atoms with Gasteiger partial charge in [-0.05, 0) is 55.2 Å². The fourth-order valence-corrected chi connectivity index (χ4v) is 3.27. The molecule has 24 heavy (non-hydrogen) atoms. The summed E-state index contributed by atoms with van der Waals surface area (Å²) in [6.45, 7) is 6.27. The topological polar surface area (TPSA) is 38.3 Å². The average Bonchev–Trinajstić information content (AvgIpc) is 2.62. The number of methoxy groups -OCH3 is 1. The molecule has 0 saturated heterocycles. The minimum absolute atomic E-state index is 0.0200. The maximum Gasteiger partial charge on any atom is 0.237 e. The van der Waals surface area contributed by atoms with Gasteiger partial charge in [0.25, 0.3) is 0 Å². The summed E-state index contributed by atoms with van der Waals surface area (Å²) in [6.07, 6.45) is 1.04. The molecule has 0 aliphatic heterocycles. The maximum atomic E-state index is 12.5. The number of carbonyl (C=O) groups excluding carboxylic acids is 1. The van der Waals surface area contributed by atoms with Gasteiger partial charge in [0.15, 0.2) is 0 Å². The second-order valence-electron chi connectivity index (χ2n) is 5.82. The SMILES string of the molecule is CC[C@H](C)c1ccccc1NC(=O)[C@@H](C)Sc1ccc(OC)cc1. The summed E-state index contributed by atoms with van der Waals surface area (Å²) in [5, 5.41) is 2.91. The van der Waals surface area contributed by atoms with Crippen molar-refractivity contribution in [3.8, 4) is 5.75 Å². The molecule has 0 unspecified atom stereocenters. The third-order valence-corrected chi connectivity index (χ3v) is 5.22. The summed E-state index contributed by atoms with van der Waals surface area (Å²) in [5.41, 5.74) is 2.11. The molecule has 3 nitrogen and oxygen atoms in total. The highest BCUT2D eigenvalue weighted by molar-refractivity contribution is 8.00. The molecular weight excluding hydrogens is 318 g/mol. The van der Waals surface area contributed by atoms with E-state index in [1.807, 2.05) is 49.4 Å². The van der Waals surface area contributed by atoms with E-state index >= 15 is 0 Å². The lowest BCUT2D eigenvalue weighted by molar-refractivity contribution is -0.115. The van der Waals surface area contributed by atoms with E-state index in [1.165, 1.54) is 5.56 Å². The van der Waals surface area contributed by atoms with Crippen LogP contribution in [0.25, 0.3) is 0 Å². The fourth-order valence-electron chi connectivity index (χ4n) is 2.41. The van der Waals surface area contributed by atoms with Crippen molar-refractivity contribution in [2.24, 2.45) is 0 Å². The molecule has 0 bridgehead atoms. The van der Waals surface area contributed by atoms with Crippen molar-refractivity contribution in [3.05, 3.63) is 54.1 Å². The van der Waals surface area contributed by atoms with Gasteiger partial charge in [0, 0.05) is 10.6 Å². The second kappa shape index (κ2) is 8.78. The van der Waals surface area contributed by atoms with Crippen LogP contribution in [0.4, 0.5) is 5.69 Å². The Morgan fingerprint density at radius 1 is 1.12 bits per heavy atom. The van der Waals surface area contributed by atoms with Crippen LogP contribution < -0.4 is 10.1 Å². The summed E-state index contributed by atoms with van der Waals surface area (Å²) in [6, 6.07) is 15.8. The standard InChI is InChI=1S/C20H25NO2S/c1-5-14(2)18-8-6-7-9-19(18)21-20(22)15(3)24-17-12-10-16(23-4)11-13-17/h6-15H,5H2,1-4H3,(H,21,22)/t14-,15+/m0/s1. The van der Waals surface area contributed by atoms with Gasteiger partial charge in [-0.1, -0.05) is 32.0 Å². The molecule has 0 aliphatic rings. The van der Waals surface area contributed by atoms with E-state index in [2.05, 4.69) is 25.2 Å². The van der Waals surface area contributed by atoms with Crippen molar-refractivity contribution in [2.45, 2.75) is 43.3 Å². The Morgan fingerprint density at radius 2 is 1.79 bits per heavy atom. The van der Waals surface area contributed by atoms with Gasteiger partial charge < -0.3 is 10.1 Å². The Morgan fingerprint density at radius 3 is 2.42 bits per heavy atom. The van der Waals surface area contributed by atoms with Crippen LogP contribution in [0.5, 0.6) is 5.75 Å². The molecular formula is C20H25NO2S. The van der Waals surface area contributed by atoms with Crippen LogP contribution in [-0.2, 0) is 4.79 Å². The monoisotopic (exact) mass is 343 g/mol. The Balaban J connectivity index is 2.03. The molecule has 2 atom stereocenters. The number of para-hydroxylation sites is 1. The molecule has 128 valence electrons. The van der Waals surface area contributed by atoms with E-state index in [4.69, 9.17) is 4.74 Å². The number of anilines is 1. The van der Waals surface area contributed by atoms with Gasteiger partial charge in [-0.25, -0.2) is 0 Å². The van der Waals surface area contributed by atoms with Crippen molar-refractivity contribution in [1.29, 1.82) is 0 Å². The van der Waals surface area contributed by atoms with Crippen LogP contribution in [-0.4, -0.2) is 18.3 Å². The molecule has 2 aromatic rings. The van der Waals surface area contributed by atoms with Crippen LogP contribution in [0.2, 0.25) is 0 Å². The molecule has 0 aromatic heterocycles. The minimum Gasteiger partial charge on any atom is -0.497 e. The zero-order valence-corrected chi connectivity index (χ0v) is 15.5. The quantitative estimate of drug-likeness (QED) is 0.691. The van der Waals surface area contributed by atoms with Gasteiger partial charge in [-0.2, -0.15) is 0 Å². The number of hydrogen-bond acceptors (Lipinski definition) is 3. The predicted molar refractivity (Wildman–Crippen MR) is 102 cm³/mol. The molecule has 0 saturated carbocycles. The van der Waals surface area contributed by atoms with Gasteiger partial charge in [-0.3, -0.25) is 4.79 Å². The Hall–Kier alpha value is -1.94. The second-order valence-corrected chi connectivity index (χ2v) is 7.24. The summed E-state index contributed by atoms with van der Waals surface area (Å²) >= 11 is 1.54. The third kappa shape index (κ3) is 4.78. The number of nitrogens with one attached hydrogen (secondary N) is 1. The van der Waals surface area contributed by atoms with Crippen molar-refractivity contribution >= 4 is 23.4 Å². The van der Waals surface area contributed by atoms with Gasteiger partial charge >= 0.3 is 0 Å². The Kier molecular flexibility index (Phi) is 6.73. The highest BCUT2D eigenvalue weighted by Crippen LogP contribution is 2.29. The molecule has 0 radical (unpaired) electrons. The van der Waals surface area contributed by atoms with E-state index in [0.29, 0.717) is 5.92 Å². The molecule has 0 spiro atoms. The molecule has 0 aliphatic carbocycles. The van der Waals surface area contributed by atoms with Crippen LogP contribution in [0.15, 0.2) is 53.4 Å².